The fraction of sp³-hybridized carbons (Fsp3) is 0. The smallest absolute Gasteiger partial charge is 0 e. The Labute approximate surface area is 170 Å². The van der Waals surface area contributed by atoms with Crippen LogP contribution in [0.5, 0.6) is 0 Å². The van der Waals surface area contributed by atoms with Crippen LogP contribution in [0.4, 0.5) is 0 Å². The molecule has 0 fully saturated rings. The first-order valence-corrected chi connectivity index (χ1v) is 2.35. The van der Waals surface area contributed by atoms with Crippen LogP contribution in [0.25, 0.3) is 0 Å². The van der Waals surface area contributed by atoms with E-state index in [1.807, 2.05) is 0 Å². The fourth-order valence-corrected chi connectivity index (χ4v) is 0. The molecule has 0 aliphatic carbocycles. The van der Waals surface area contributed by atoms with Gasteiger partial charge in [0.1, 0.15) is 0 Å². The molecule has 0 rings (SSSR count). The van der Waals surface area contributed by atoms with E-state index < -0.39 is 11.0 Å². The maximum absolute atomic E-state index is 9.16. The molecule has 0 aliphatic heterocycles. The Bertz CT molecular complexity index is 81.9. The van der Waals surface area contributed by atoms with E-state index in [-0.39, 0.29) is 142 Å². The maximum Gasteiger partial charge on any atom is 0 e. The standard InChI is InChI=1S/Ba.H3O3PS.Sr.Ti.Zr.4H/c;1-5(2)3-4;;;;;;;/h;5H,4H2;;;;;;;. The summed E-state index contributed by atoms with van der Waals surface area (Å²) >= 11 is 0. The molecule has 3 nitrogen and oxygen atoms in total. The molecule has 0 saturated heterocycles. The van der Waals surface area contributed by atoms with Gasteiger partial charge in [0.05, 0.1) is 0 Å². The van der Waals surface area contributed by atoms with Crippen LogP contribution in [0.2, 0.25) is 0 Å². The third kappa shape index (κ3) is 32.1. The molecule has 0 amide bonds. The summed E-state index contributed by atoms with van der Waals surface area (Å²) in [6.07, 6.45) is 0. The van der Waals surface area contributed by atoms with Crippen LogP contribution >= 0.6 is 9.47 Å². The predicted octanol–water partition coefficient (Wildman–Crippen LogP) is -2.52. The van der Waals surface area contributed by atoms with E-state index in [4.69, 9.17) is 8.42 Å². The molecular weight excluding hydrogens is 475 g/mol. The Morgan fingerprint density at radius 3 is 1.44 bits per heavy atom. The van der Waals surface area contributed by atoms with Gasteiger partial charge in [0.15, 0.2) is 0 Å². The summed E-state index contributed by atoms with van der Waals surface area (Å²) in [4.78, 5) is 0. The van der Waals surface area contributed by atoms with Crippen molar-refractivity contribution in [2.45, 2.75) is 0 Å². The van der Waals surface area contributed by atoms with Gasteiger partial charge in [0.25, 0.3) is 11.0 Å². The van der Waals surface area contributed by atoms with Gasteiger partial charge in [0.2, 0.25) is 0 Å². The van der Waals surface area contributed by atoms with Crippen molar-refractivity contribution in [1.29, 1.82) is 0 Å². The number of thiol groups is 1. The zero-order valence-corrected chi connectivity index (χ0v) is 9.32. The Balaban J connectivity index is -0.0000000133. The van der Waals surface area contributed by atoms with Gasteiger partial charge in [-0.2, -0.15) is 0 Å². The van der Waals surface area contributed by atoms with Crippen molar-refractivity contribution in [3.63, 3.8) is 0 Å². The molecule has 0 saturated carbocycles. The van der Waals surface area contributed by atoms with Crippen LogP contribution in [0.15, 0.2) is 0 Å². The summed E-state index contributed by atoms with van der Waals surface area (Å²) in [5, 5.41) is 0. The Kier molecular flexibility index (Phi) is 75.0. The van der Waals surface area contributed by atoms with Gasteiger partial charge in [-0.25, -0.2) is 8.42 Å². The SMILES string of the molecule is O=[SH](=O)OP.[BaH2].[SrH2].[Ti].[Zr]. The molecule has 1 unspecified atom stereocenters. The van der Waals surface area contributed by atoms with Gasteiger partial charge in [-0.05, 0) is 0 Å². The second-order valence-corrected chi connectivity index (χ2v) is 1.62. The van der Waals surface area contributed by atoms with Crippen LogP contribution in [-0.4, -0.2) is 103 Å². The van der Waals surface area contributed by atoms with Crippen molar-refractivity contribution >= 4 is 115 Å². The van der Waals surface area contributed by atoms with Crippen molar-refractivity contribution < 1.29 is 60.3 Å². The summed E-state index contributed by atoms with van der Waals surface area (Å²) in [6.45, 7) is 0. The third-order valence-electron chi connectivity index (χ3n) is 0.0861. The summed E-state index contributed by atoms with van der Waals surface area (Å²) < 4.78 is 21.9. The molecule has 48 valence electrons. The van der Waals surface area contributed by atoms with E-state index in [1.54, 1.807) is 9.47 Å². The number of rotatable bonds is 1. The normalized spacial score (nSPS) is 5.11. The molecule has 0 heterocycles. The molecule has 0 aromatic rings. The first-order chi connectivity index (χ1) is 2.27. The van der Waals surface area contributed by atoms with Gasteiger partial charge < -0.3 is 0 Å². The van der Waals surface area contributed by atoms with E-state index in [0.29, 0.717) is 0 Å². The van der Waals surface area contributed by atoms with Crippen LogP contribution in [0, 0.1) is 0 Å². The minimum atomic E-state index is -2.64. The Hall–Kier alpha value is 4.99. The van der Waals surface area contributed by atoms with Crippen molar-refractivity contribution in [2.24, 2.45) is 0 Å². The topological polar surface area (TPSA) is 43.4 Å². The van der Waals surface area contributed by atoms with Crippen molar-refractivity contribution in [3.05, 3.63) is 0 Å². The van der Waals surface area contributed by atoms with E-state index in [2.05, 4.69) is 3.97 Å². The average Bonchev–Trinajstić information content (AvgIpc) is 1.38. The largest absolute Gasteiger partial charge is 0 e. The summed E-state index contributed by atoms with van der Waals surface area (Å²) in [7, 11) is -1.04. The minimum Gasteiger partial charge on any atom is 0 e. The average molecular weight is 482 g/mol. The number of hydrogen-bond acceptors (Lipinski definition) is 3. The zero-order chi connectivity index (χ0) is 4.28. The van der Waals surface area contributed by atoms with Crippen LogP contribution in [0.3, 0.4) is 0 Å². The Morgan fingerprint density at radius 2 is 1.44 bits per heavy atom. The predicted molar refractivity (Wildman–Crippen MR) is 38.2 cm³/mol. The van der Waals surface area contributed by atoms with Crippen molar-refractivity contribution in [3.8, 4) is 0 Å². The van der Waals surface area contributed by atoms with E-state index in [1.165, 1.54) is 0 Å². The third-order valence-corrected chi connectivity index (χ3v) is 0.775. The van der Waals surface area contributed by atoms with Crippen LogP contribution in [-0.2, 0) is 62.9 Å². The second-order valence-electron chi connectivity index (χ2n) is 0.329. The molecule has 9 heavy (non-hydrogen) atoms. The molecule has 0 spiro atoms. The summed E-state index contributed by atoms with van der Waals surface area (Å²) in [5.74, 6) is 0. The monoisotopic (exact) mass is 482 g/mol. The van der Waals surface area contributed by atoms with Crippen molar-refractivity contribution in [1.82, 2.24) is 0 Å². The van der Waals surface area contributed by atoms with Gasteiger partial charge in [-0.1, -0.05) is 0 Å². The van der Waals surface area contributed by atoms with E-state index >= 15 is 0 Å². The second kappa shape index (κ2) is 23.1. The van der Waals surface area contributed by atoms with Crippen LogP contribution in [0.1, 0.15) is 0 Å². The van der Waals surface area contributed by atoms with E-state index in [9.17, 15) is 0 Å². The molecule has 0 aromatic carbocycles. The first kappa shape index (κ1) is 29.2. The molecule has 0 radical (unpaired) electrons. The van der Waals surface area contributed by atoms with Gasteiger partial charge >= 0.3 is 94.4 Å². The fourth-order valence-electron chi connectivity index (χ4n) is 0. The molecule has 9 heteroatoms. The van der Waals surface area contributed by atoms with Gasteiger partial charge in [0, 0.05) is 57.4 Å². The first-order valence-electron chi connectivity index (χ1n) is 0.783. The number of hydrogen-bond donors (Lipinski definition) is 1. The molecule has 0 N–H and O–H groups in total. The Morgan fingerprint density at radius 1 is 1.33 bits per heavy atom. The zero-order valence-electron chi connectivity index (χ0n) is 3.25. The quantitative estimate of drug-likeness (QED) is 0.255. The molecule has 0 aliphatic rings. The van der Waals surface area contributed by atoms with Gasteiger partial charge in [-0.3, -0.25) is 3.97 Å². The summed E-state index contributed by atoms with van der Waals surface area (Å²) in [6, 6.07) is 0. The summed E-state index contributed by atoms with van der Waals surface area (Å²) in [5.41, 5.74) is 0. The molecule has 1 atom stereocenters. The molecule has 0 aromatic heterocycles. The molecule has 0 bridgehead atoms. The van der Waals surface area contributed by atoms with Crippen molar-refractivity contribution in [2.75, 3.05) is 0 Å². The van der Waals surface area contributed by atoms with E-state index in [0.717, 1.165) is 0 Å². The maximum atomic E-state index is 9.16. The minimum absolute atomic E-state index is 0. The van der Waals surface area contributed by atoms with Gasteiger partial charge in [-0.15, -0.1) is 0 Å². The molecular formula is H7BaO3PSSrTiZr. The van der Waals surface area contributed by atoms with Crippen LogP contribution < -0.4 is 0 Å².